The molecule has 0 saturated carbocycles. The van der Waals surface area contributed by atoms with Crippen molar-refractivity contribution in [1.29, 1.82) is 0 Å². The molecule has 0 saturated heterocycles. The van der Waals surface area contributed by atoms with Crippen LogP contribution in [0.5, 0.6) is 0 Å². The van der Waals surface area contributed by atoms with Crippen molar-refractivity contribution in [3.63, 3.8) is 0 Å². The van der Waals surface area contributed by atoms with Gasteiger partial charge < -0.3 is 0 Å². The Morgan fingerprint density at radius 2 is 2.08 bits per heavy atom. The van der Waals surface area contributed by atoms with Crippen molar-refractivity contribution in [3.05, 3.63) is 24.3 Å². The standard InChI is InChI=1S/C11H15NS/c1-9(2)8-13-11-7-5-4-6-10(11)12-3/h4-7,9H,3,8H2,1-2H3. The van der Waals surface area contributed by atoms with Crippen LogP contribution in [-0.2, 0) is 0 Å². The van der Waals surface area contributed by atoms with Gasteiger partial charge in [-0.15, -0.1) is 11.8 Å². The van der Waals surface area contributed by atoms with Crippen LogP contribution in [0, 0.1) is 5.92 Å². The van der Waals surface area contributed by atoms with Crippen LogP contribution in [0.2, 0.25) is 0 Å². The smallest absolute Gasteiger partial charge is 0.0758 e. The Kier molecular flexibility index (Phi) is 4.03. The van der Waals surface area contributed by atoms with E-state index in [1.807, 2.05) is 30.0 Å². The summed E-state index contributed by atoms with van der Waals surface area (Å²) in [5.41, 5.74) is 0.994. The number of hydrogen-bond donors (Lipinski definition) is 0. The molecule has 0 fully saturated rings. The molecule has 0 unspecified atom stereocenters. The van der Waals surface area contributed by atoms with Gasteiger partial charge in [-0.25, -0.2) is 0 Å². The summed E-state index contributed by atoms with van der Waals surface area (Å²) in [7, 11) is 0. The molecule has 0 aliphatic rings. The summed E-state index contributed by atoms with van der Waals surface area (Å²) in [6.07, 6.45) is 0. The second-order valence-electron chi connectivity index (χ2n) is 3.33. The molecule has 0 bridgehead atoms. The lowest BCUT2D eigenvalue weighted by Crippen LogP contribution is -1.89. The molecule has 1 aromatic carbocycles. The molecule has 0 amide bonds. The SMILES string of the molecule is C=Nc1ccccc1SCC(C)C. The maximum Gasteiger partial charge on any atom is 0.0758 e. The van der Waals surface area contributed by atoms with Gasteiger partial charge in [-0.05, 0) is 24.8 Å². The van der Waals surface area contributed by atoms with Gasteiger partial charge in [0.2, 0.25) is 0 Å². The highest BCUT2D eigenvalue weighted by atomic mass is 32.2. The average molecular weight is 193 g/mol. The van der Waals surface area contributed by atoms with Gasteiger partial charge >= 0.3 is 0 Å². The zero-order chi connectivity index (χ0) is 9.68. The Hall–Kier alpha value is -0.760. The summed E-state index contributed by atoms with van der Waals surface area (Å²) in [4.78, 5) is 5.21. The molecule has 0 spiro atoms. The first-order valence-electron chi connectivity index (χ1n) is 4.42. The van der Waals surface area contributed by atoms with Crippen molar-refractivity contribution >= 4 is 24.2 Å². The lowest BCUT2D eigenvalue weighted by molar-refractivity contribution is 0.750. The van der Waals surface area contributed by atoms with E-state index in [-0.39, 0.29) is 0 Å². The van der Waals surface area contributed by atoms with Gasteiger partial charge in [0.05, 0.1) is 5.69 Å². The molecule has 2 heteroatoms. The zero-order valence-corrected chi connectivity index (χ0v) is 8.97. The summed E-state index contributed by atoms with van der Waals surface area (Å²) in [6, 6.07) is 8.12. The third-order valence-corrected chi connectivity index (χ3v) is 3.10. The fourth-order valence-corrected chi connectivity index (χ4v) is 1.93. The second-order valence-corrected chi connectivity index (χ2v) is 4.39. The molecule has 1 rings (SSSR count). The van der Waals surface area contributed by atoms with E-state index >= 15 is 0 Å². The monoisotopic (exact) mass is 193 g/mol. The number of rotatable bonds is 4. The number of thioether (sulfide) groups is 1. The van der Waals surface area contributed by atoms with Crippen molar-refractivity contribution in [2.45, 2.75) is 18.7 Å². The van der Waals surface area contributed by atoms with Gasteiger partial charge in [0, 0.05) is 10.6 Å². The number of hydrogen-bond acceptors (Lipinski definition) is 2. The topological polar surface area (TPSA) is 12.4 Å². The van der Waals surface area contributed by atoms with Crippen LogP contribution in [0.4, 0.5) is 5.69 Å². The van der Waals surface area contributed by atoms with Gasteiger partial charge in [-0.3, -0.25) is 4.99 Å². The Morgan fingerprint density at radius 1 is 1.38 bits per heavy atom. The maximum absolute atomic E-state index is 3.98. The third kappa shape index (κ3) is 3.23. The quantitative estimate of drug-likeness (QED) is 0.524. The van der Waals surface area contributed by atoms with Crippen molar-refractivity contribution in [2.75, 3.05) is 5.75 Å². The molecule has 1 aromatic rings. The van der Waals surface area contributed by atoms with E-state index in [0.717, 1.165) is 11.4 Å². The lowest BCUT2D eigenvalue weighted by atomic mass is 10.3. The van der Waals surface area contributed by atoms with Gasteiger partial charge in [-0.2, -0.15) is 0 Å². The third-order valence-electron chi connectivity index (χ3n) is 1.61. The number of aliphatic imine (C=N–C) groups is 1. The maximum atomic E-state index is 3.98. The first-order valence-corrected chi connectivity index (χ1v) is 5.41. The average Bonchev–Trinajstić information content (AvgIpc) is 2.15. The molecule has 13 heavy (non-hydrogen) atoms. The van der Waals surface area contributed by atoms with Gasteiger partial charge in [-0.1, -0.05) is 26.0 Å². The minimum Gasteiger partial charge on any atom is -0.263 e. The summed E-state index contributed by atoms with van der Waals surface area (Å²) in [6.45, 7) is 7.99. The second kappa shape index (κ2) is 5.07. The number of para-hydroxylation sites is 1. The number of benzene rings is 1. The van der Waals surface area contributed by atoms with Crippen molar-refractivity contribution in [2.24, 2.45) is 10.9 Å². The summed E-state index contributed by atoms with van der Waals surface area (Å²) in [5.74, 6) is 1.84. The van der Waals surface area contributed by atoms with Crippen molar-refractivity contribution < 1.29 is 0 Å². The van der Waals surface area contributed by atoms with E-state index in [0.29, 0.717) is 5.92 Å². The van der Waals surface area contributed by atoms with Crippen molar-refractivity contribution in [3.8, 4) is 0 Å². The molecule has 0 radical (unpaired) electrons. The van der Waals surface area contributed by atoms with E-state index in [1.165, 1.54) is 4.90 Å². The van der Waals surface area contributed by atoms with Gasteiger partial charge in [0.1, 0.15) is 0 Å². The molecule has 1 nitrogen and oxygen atoms in total. The first kappa shape index (κ1) is 10.3. The Bertz CT molecular complexity index is 281. The van der Waals surface area contributed by atoms with Crippen molar-refractivity contribution in [1.82, 2.24) is 0 Å². The van der Waals surface area contributed by atoms with Gasteiger partial charge in [0.15, 0.2) is 0 Å². The molecule has 0 aromatic heterocycles. The predicted molar refractivity (Wildman–Crippen MR) is 61.2 cm³/mol. The first-order chi connectivity index (χ1) is 6.24. The Morgan fingerprint density at radius 3 is 2.69 bits per heavy atom. The molecule has 70 valence electrons. The fourth-order valence-electron chi connectivity index (χ4n) is 0.966. The molecular formula is C11H15NS. The van der Waals surface area contributed by atoms with E-state index < -0.39 is 0 Å². The fraction of sp³-hybridized carbons (Fsp3) is 0.364. The molecule has 0 atom stereocenters. The van der Waals surface area contributed by atoms with E-state index in [2.05, 4.69) is 31.6 Å². The highest BCUT2D eigenvalue weighted by Gasteiger charge is 2.01. The van der Waals surface area contributed by atoms with Crippen LogP contribution in [0.25, 0.3) is 0 Å². The molecule has 0 aliphatic heterocycles. The van der Waals surface area contributed by atoms with Crippen LogP contribution in [0.15, 0.2) is 34.2 Å². The highest BCUT2D eigenvalue weighted by molar-refractivity contribution is 7.99. The van der Waals surface area contributed by atoms with Crippen LogP contribution in [0.1, 0.15) is 13.8 Å². The zero-order valence-electron chi connectivity index (χ0n) is 8.16. The summed E-state index contributed by atoms with van der Waals surface area (Å²) in [5, 5.41) is 0. The Labute approximate surface area is 84.3 Å². The summed E-state index contributed by atoms with van der Waals surface area (Å²) >= 11 is 1.85. The largest absolute Gasteiger partial charge is 0.263 e. The van der Waals surface area contributed by atoms with Crippen LogP contribution < -0.4 is 0 Å². The Balaban J connectivity index is 2.69. The van der Waals surface area contributed by atoms with Crippen LogP contribution >= 0.6 is 11.8 Å². The van der Waals surface area contributed by atoms with Gasteiger partial charge in [0.25, 0.3) is 0 Å². The minimum absolute atomic E-state index is 0.711. The normalized spacial score (nSPS) is 10.4. The highest BCUT2D eigenvalue weighted by Crippen LogP contribution is 2.29. The minimum atomic E-state index is 0.711. The molecule has 0 heterocycles. The van der Waals surface area contributed by atoms with E-state index in [1.54, 1.807) is 0 Å². The predicted octanol–water partition coefficient (Wildman–Crippen LogP) is 3.77. The molecule has 0 N–H and O–H groups in total. The summed E-state index contributed by atoms with van der Waals surface area (Å²) < 4.78 is 0. The van der Waals surface area contributed by atoms with Crippen LogP contribution in [0.3, 0.4) is 0 Å². The lowest BCUT2D eigenvalue weighted by Gasteiger charge is -2.06. The van der Waals surface area contributed by atoms with Crippen LogP contribution in [-0.4, -0.2) is 12.5 Å². The molecular weight excluding hydrogens is 178 g/mol. The molecule has 0 aliphatic carbocycles. The number of nitrogens with zero attached hydrogens (tertiary/aromatic N) is 1. The van der Waals surface area contributed by atoms with E-state index in [9.17, 15) is 0 Å². The van der Waals surface area contributed by atoms with E-state index in [4.69, 9.17) is 0 Å².